The maximum absolute atomic E-state index is 11.8. The summed E-state index contributed by atoms with van der Waals surface area (Å²) in [7, 11) is 0. The van der Waals surface area contributed by atoms with Crippen molar-refractivity contribution in [3.8, 4) is 0 Å². The minimum absolute atomic E-state index is 0.312. The van der Waals surface area contributed by atoms with E-state index in [1.165, 1.54) is 11.5 Å². The number of carbonyl (C=O) groups is 1. The van der Waals surface area contributed by atoms with Crippen molar-refractivity contribution in [2.75, 3.05) is 16.4 Å². The van der Waals surface area contributed by atoms with Crippen molar-refractivity contribution in [2.45, 2.75) is 19.0 Å². The largest absolute Gasteiger partial charge is 0.325 e. The molecule has 20 heavy (non-hydrogen) atoms. The van der Waals surface area contributed by atoms with Crippen LogP contribution in [-0.2, 0) is 0 Å². The molecule has 1 aromatic heterocycles. The third kappa shape index (κ3) is 4.82. The summed E-state index contributed by atoms with van der Waals surface area (Å²) in [6.45, 7) is 4.29. The highest BCUT2D eigenvalue weighted by atomic mass is 32.2. The molecule has 0 bridgehead atoms. The van der Waals surface area contributed by atoms with Crippen molar-refractivity contribution in [1.82, 2.24) is 9.36 Å². The van der Waals surface area contributed by atoms with Crippen LogP contribution in [0.1, 0.15) is 13.8 Å². The van der Waals surface area contributed by atoms with Gasteiger partial charge >= 0.3 is 6.03 Å². The number of thioether (sulfide) groups is 1. The van der Waals surface area contributed by atoms with Crippen molar-refractivity contribution in [3.05, 3.63) is 30.3 Å². The van der Waals surface area contributed by atoms with Crippen LogP contribution < -0.4 is 10.6 Å². The van der Waals surface area contributed by atoms with Gasteiger partial charge in [0.05, 0.1) is 0 Å². The number of anilines is 2. The van der Waals surface area contributed by atoms with Gasteiger partial charge in [-0.3, -0.25) is 5.32 Å². The van der Waals surface area contributed by atoms with Crippen LogP contribution in [-0.4, -0.2) is 21.1 Å². The van der Waals surface area contributed by atoms with E-state index in [2.05, 4.69) is 33.8 Å². The second-order valence-corrected chi connectivity index (χ2v) is 6.27. The molecule has 0 radical (unpaired) electrons. The molecule has 5 nitrogen and oxygen atoms in total. The molecule has 0 spiro atoms. The smallest absolute Gasteiger partial charge is 0.308 e. The predicted molar refractivity (Wildman–Crippen MR) is 84.6 cm³/mol. The van der Waals surface area contributed by atoms with Crippen LogP contribution in [0.4, 0.5) is 15.6 Å². The van der Waals surface area contributed by atoms with Crippen LogP contribution in [0.2, 0.25) is 0 Å². The fourth-order valence-electron chi connectivity index (χ4n) is 1.34. The first kappa shape index (κ1) is 14.8. The monoisotopic (exact) mass is 308 g/mol. The summed E-state index contributed by atoms with van der Waals surface area (Å²) in [6, 6.07) is 8.95. The Bertz CT molecular complexity index is 557. The standard InChI is InChI=1S/C13H16N4OS2/c1-9(2)8-19-13-16-12(20-17-13)15-11(18)14-10-6-4-3-5-7-10/h3-7,9H,8H2,1-2H3,(H2,14,15,16,17,18). The Hall–Kier alpha value is -1.60. The average molecular weight is 308 g/mol. The summed E-state index contributed by atoms with van der Waals surface area (Å²) in [5.41, 5.74) is 0.740. The quantitative estimate of drug-likeness (QED) is 0.821. The zero-order valence-corrected chi connectivity index (χ0v) is 12.9. The molecule has 0 fully saturated rings. The number of aromatic nitrogens is 2. The number of nitrogens with one attached hydrogen (secondary N) is 2. The van der Waals surface area contributed by atoms with Gasteiger partial charge in [-0.05, 0) is 18.1 Å². The van der Waals surface area contributed by atoms with E-state index < -0.39 is 0 Å². The Labute approximate surface area is 126 Å². The highest BCUT2D eigenvalue weighted by Crippen LogP contribution is 2.22. The van der Waals surface area contributed by atoms with Crippen LogP contribution >= 0.6 is 23.3 Å². The Morgan fingerprint density at radius 3 is 2.75 bits per heavy atom. The zero-order chi connectivity index (χ0) is 14.4. The van der Waals surface area contributed by atoms with Gasteiger partial charge in [0.2, 0.25) is 10.3 Å². The molecule has 2 rings (SSSR count). The Morgan fingerprint density at radius 2 is 2.05 bits per heavy atom. The fourth-order valence-corrected chi connectivity index (χ4v) is 2.83. The van der Waals surface area contributed by atoms with Gasteiger partial charge in [-0.1, -0.05) is 43.8 Å². The van der Waals surface area contributed by atoms with E-state index in [1.807, 2.05) is 30.3 Å². The molecule has 0 atom stereocenters. The van der Waals surface area contributed by atoms with Gasteiger partial charge in [-0.2, -0.15) is 9.36 Å². The minimum Gasteiger partial charge on any atom is -0.308 e. The van der Waals surface area contributed by atoms with E-state index in [0.29, 0.717) is 16.2 Å². The number of hydrogen-bond acceptors (Lipinski definition) is 5. The highest BCUT2D eigenvalue weighted by Gasteiger charge is 2.09. The normalized spacial score (nSPS) is 10.6. The molecular formula is C13H16N4OS2. The lowest BCUT2D eigenvalue weighted by Crippen LogP contribution is -2.19. The summed E-state index contributed by atoms with van der Waals surface area (Å²) in [4.78, 5) is 16.0. The number of amides is 2. The van der Waals surface area contributed by atoms with Gasteiger partial charge in [0.15, 0.2) is 0 Å². The van der Waals surface area contributed by atoms with Crippen LogP contribution in [0.5, 0.6) is 0 Å². The lowest BCUT2D eigenvalue weighted by Gasteiger charge is -2.04. The van der Waals surface area contributed by atoms with E-state index in [0.717, 1.165) is 11.4 Å². The molecule has 2 amide bonds. The second kappa shape index (κ2) is 7.25. The first-order valence-electron chi connectivity index (χ1n) is 6.23. The van der Waals surface area contributed by atoms with Crippen LogP contribution in [0.3, 0.4) is 0 Å². The highest BCUT2D eigenvalue weighted by molar-refractivity contribution is 7.99. The third-order valence-corrected chi connectivity index (χ3v) is 4.23. The molecule has 0 aliphatic carbocycles. The number of benzene rings is 1. The lowest BCUT2D eigenvalue weighted by atomic mass is 10.3. The zero-order valence-electron chi connectivity index (χ0n) is 11.3. The molecule has 0 aliphatic heterocycles. The number of nitrogens with zero attached hydrogens (tertiary/aromatic N) is 2. The summed E-state index contributed by atoms with van der Waals surface area (Å²) in [5.74, 6) is 1.55. The SMILES string of the molecule is CC(C)CSc1nsc(NC(=O)Nc2ccccc2)n1. The number of carbonyl (C=O) groups excluding carboxylic acids is 1. The maximum atomic E-state index is 11.8. The molecule has 106 valence electrons. The van der Waals surface area contributed by atoms with E-state index in [1.54, 1.807) is 11.8 Å². The minimum atomic E-state index is -0.312. The van der Waals surface area contributed by atoms with Gasteiger partial charge in [-0.15, -0.1) is 0 Å². The molecular weight excluding hydrogens is 292 g/mol. The van der Waals surface area contributed by atoms with Crippen molar-refractivity contribution in [3.63, 3.8) is 0 Å². The molecule has 2 aromatic rings. The molecule has 0 unspecified atom stereocenters. The lowest BCUT2D eigenvalue weighted by molar-refractivity contribution is 0.262. The molecule has 1 heterocycles. The van der Waals surface area contributed by atoms with Gasteiger partial charge in [0.1, 0.15) is 0 Å². The number of rotatable bonds is 5. The molecule has 0 saturated carbocycles. The van der Waals surface area contributed by atoms with Crippen LogP contribution in [0, 0.1) is 5.92 Å². The summed E-state index contributed by atoms with van der Waals surface area (Å²) in [6.07, 6.45) is 0. The molecule has 0 saturated heterocycles. The topological polar surface area (TPSA) is 66.9 Å². The van der Waals surface area contributed by atoms with Crippen molar-refractivity contribution in [1.29, 1.82) is 0 Å². The molecule has 0 aliphatic rings. The Morgan fingerprint density at radius 1 is 1.30 bits per heavy atom. The Kier molecular flexibility index (Phi) is 5.37. The van der Waals surface area contributed by atoms with Gasteiger partial charge < -0.3 is 5.32 Å². The van der Waals surface area contributed by atoms with E-state index >= 15 is 0 Å². The van der Waals surface area contributed by atoms with Crippen molar-refractivity contribution in [2.24, 2.45) is 5.92 Å². The number of para-hydroxylation sites is 1. The first-order valence-corrected chi connectivity index (χ1v) is 7.99. The number of hydrogen-bond donors (Lipinski definition) is 2. The van der Waals surface area contributed by atoms with Gasteiger partial charge in [0.25, 0.3) is 0 Å². The summed E-state index contributed by atoms with van der Waals surface area (Å²) < 4.78 is 4.20. The molecule has 1 aromatic carbocycles. The average Bonchev–Trinajstić information content (AvgIpc) is 2.85. The third-order valence-electron chi connectivity index (χ3n) is 2.21. The second-order valence-electron chi connectivity index (χ2n) is 4.53. The molecule has 2 N–H and O–H groups in total. The first-order chi connectivity index (χ1) is 9.63. The summed E-state index contributed by atoms with van der Waals surface area (Å²) >= 11 is 2.78. The summed E-state index contributed by atoms with van der Waals surface area (Å²) in [5, 5.41) is 6.62. The van der Waals surface area contributed by atoms with Crippen molar-refractivity contribution >= 4 is 40.1 Å². The Balaban J connectivity index is 1.85. The predicted octanol–water partition coefficient (Wildman–Crippen LogP) is 3.93. The van der Waals surface area contributed by atoms with Gasteiger partial charge in [-0.25, -0.2) is 4.79 Å². The van der Waals surface area contributed by atoms with Gasteiger partial charge in [0, 0.05) is 23.0 Å². The van der Waals surface area contributed by atoms with Crippen LogP contribution in [0.25, 0.3) is 0 Å². The molecule has 7 heteroatoms. The van der Waals surface area contributed by atoms with Crippen LogP contribution in [0.15, 0.2) is 35.5 Å². The van der Waals surface area contributed by atoms with E-state index in [-0.39, 0.29) is 6.03 Å². The number of urea groups is 1. The van der Waals surface area contributed by atoms with E-state index in [4.69, 9.17) is 0 Å². The fraction of sp³-hybridized carbons (Fsp3) is 0.308. The maximum Gasteiger partial charge on any atom is 0.325 e. The van der Waals surface area contributed by atoms with Crippen molar-refractivity contribution < 1.29 is 4.79 Å². The van der Waals surface area contributed by atoms with E-state index in [9.17, 15) is 4.79 Å².